The van der Waals surface area contributed by atoms with Gasteiger partial charge in [0.2, 0.25) is 0 Å². The van der Waals surface area contributed by atoms with Crippen LogP contribution in [0.1, 0.15) is 19.3 Å². The lowest BCUT2D eigenvalue weighted by atomic mass is 9.69. The first-order valence-corrected chi connectivity index (χ1v) is 4.19. The zero-order valence-corrected chi connectivity index (χ0v) is 6.16. The minimum Gasteiger partial charge on any atom is -0.396 e. The van der Waals surface area contributed by atoms with Gasteiger partial charge in [-0.25, -0.2) is 0 Å². The van der Waals surface area contributed by atoms with Gasteiger partial charge in [-0.05, 0) is 37.0 Å². The minimum atomic E-state index is 0.394. The predicted octanol–water partition coefficient (Wildman–Crippen LogP) is 1.58. The number of fused-ring (bicyclic) bond motifs is 2. The summed E-state index contributed by atoms with van der Waals surface area (Å²) in [6.07, 6.45) is 8.54. The molecule has 1 nitrogen and oxygen atoms in total. The van der Waals surface area contributed by atoms with E-state index in [9.17, 15) is 0 Å². The maximum atomic E-state index is 8.98. The number of rotatable bonds is 1. The van der Waals surface area contributed by atoms with E-state index in [4.69, 9.17) is 5.11 Å². The van der Waals surface area contributed by atoms with Crippen molar-refractivity contribution in [3.63, 3.8) is 0 Å². The van der Waals surface area contributed by atoms with Gasteiger partial charge in [-0.2, -0.15) is 0 Å². The van der Waals surface area contributed by atoms with Crippen LogP contribution < -0.4 is 0 Å². The monoisotopic (exact) mass is 138 g/mol. The van der Waals surface area contributed by atoms with Crippen molar-refractivity contribution in [1.29, 1.82) is 0 Å². The third kappa shape index (κ3) is 0.891. The van der Waals surface area contributed by atoms with Crippen LogP contribution in [0.5, 0.6) is 0 Å². The van der Waals surface area contributed by atoms with Crippen LogP contribution in [0.4, 0.5) is 0 Å². The molecule has 1 N–H and O–H groups in total. The zero-order chi connectivity index (χ0) is 6.97. The third-order valence-electron chi connectivity index (χ3n) is 2.95. The van der Waals surface area contributed by atoms with Gasteiger partial charge >= 0.3 is 0 Å². The molecule has 1 saturated carbocycles. The van der Waals surface area contributed by atoms with Gasteiger partial charge in [0, 0.05) is 6.61 Å². The summed E-state index contributed by atoms with van der Waals surface area (Å²) in [7, 11) is 0. The smallest absolute Gasteiger partial charge is 0.0465 e. The van der Waals surface area contributed by atoms with Crippen LogP contribution in [0.15, 0.2) is 12.2 Å². The lowest BCUT2D eigenvalue weighted by Gasteiger charge is -2.36. The van der Waals surface area contributed by atoms with Crippen LogP contribution in [0, 0.1) is 17.8 Å². The molecule has 3 aliphatic carbocycles. The maximum Gasteiger partial charge on any atom is 0.0465 e. The minimum absolute atomic E-state index is 0.394. The molecular weight excluding hydrogens is 124 g/mol. The van der Waals surface area contributed by atoms with Crippen molar-refractivity contribution in [2.75, 3.05) is 6.61 Å². The molecule has 0 spiro atoms. The molecule has 3 aliphatic rings. The van der Waals surface area contributed by atoms with Crippen molar-refractivity contribution in [2.24, 2.45) is 17.8 Å². The Kier molecular flexibility index (Phi) is 1.53. The Bertz CT molecular complexity index is 151. The van der Waals surface area contributed by atoms with E-state index in [-0.39, 0.29) is 0 Å². The summed E-state index contributed by atoms with van der Waals surface area (Å²) in [6, 6.07) is 0. The number of allylic oxidation sites excluding steroid dienone is 2. The number of hydrogen-bond donors (Lipinski definition) is 1. The van der Waals surface area contributed by atoms with Crippen LogP contribution in [0.3, 0.4) is 0 Å². The Morgan fingerprint density at radius 1 is 1.30 bits per heavy atom. The topological polar surface area (TPSA) is 20.2 Å². The lowest BCUT2D eigenvalue weighted by molar-refractivity contribution is 0.129. The second kappa shape index (κ2) is 2.39. The first-order valence-electron chi connectivity index (χ1n) is 4.19. The van der Waals surface area contributed by atoms with E-state index in [0.717, 1.165) is 5.92 Å². The molecule has 56 valence electrons. The highest BCUT2D eigenvalue weighted by Gasteiger charge is 2.30. The highest BCUT2D eigenvalue weighted by atomic mass is 16.3. The van der Waals surface area contributed by atoms with Crippen LogP contribution in [-0.4, -0.2) is 11.7 Å². The molecule has 0 amide bonds. The summed E-state index contributed by atoms with van der Waals surface area (Å²) >= 11 is 0. The first kappa shape index (κ1) is 6.41. The third-order valence-corrected chi connectivity index (χ3v) is 2.95. The van der Waals surface area contributed by atoms with Gasteiger partial charge in [0.05, 0.1) is 0 Å². The molecule has 1 fully saturated rings. The normalized spacial score (nSPS) is 44.3. The molecule has 1 heteroatoms. The zero-order valence-electron chi connectivity index (χ0n) is 6.16. The second-order valence-corrected chi connectivity index (χ2v) is 3.56. The van der Waals surface area contributed by atoms with Crippen molar-refractivity contribution in [3.8, 4) is 0 Å². The van der Waals surface area contributed by atoms with Gasteiger partial charge in [0.25, 0.3) is 0 Å². The van der Waals surface area contributed by atoms with Gasteiger partial charge in [0.1, 0.15) is 0 Å². The van der Waals surface area contributed by atoms with E-state index in [1.165, 1.54) is 19.3 Å². The Balaban J connectivity index is 2.11. The van der Waals surface area contributed by atoms with Crippen LogP contribution in [-0.2, 0) is 0 Å². The molecule has 2 bridgehead atoms. The van der Waals surface area contributed by atoms with Crippen molar-refractivity contribution < 1.29 is 5.11 Å². The fourth-order valence-corrected chi connectivity index (χ4v) is 2.26. The Hall–Kier alpha value is -0.300. The molecule has 3 atom stereocenters. The average Bonchev–Trinajstić information content (AvgIpc) is 2.06. The molecule has 0 aromatic carbocycles. The Morgan fingerprint density at radius 2 is 2.20 bits per heavy atom. The quantitative estimate of drug-likeness (QED) is 0.545. The summed E-state index contributed by atoms with van der Waals surface area (Å²) < 4.78 is 0. The van der Waals surface area contributed by atoms with E-state index in [1.54, 1.807) is 0 Å². The average molecular weight is 138 g/mol. The molecular formula is C9H14O. The fraction of sp³-hybridized carbons (Fsp3) is 0.778. The van der Waals surface area contributed by atoms with Crippen molar-refractivity contribution in [2.45, 2.75) is 19.3 Å². The highest BCUT2D eigenvalue weighted by molar-refractivity contribution is 5.05. The number of aliphatic hydroxyl groups excluding tert-OH is 1. The number of aliphatic hydroxyl groups is 1. The SMILES string of the molecule is OC[C@H]1CC2C=CC1CC2. The van der Waals surface area contributed by atoms with Crippen molar-refractivity contribution in [1.82, 2.24) is 0 Å². The van der Waals surface area contributed by atoms with Crippen molar-refractivity contribution >= 4 is 0 Å². The Morgan fingerprint density at radius 3 is 2.50 bits per heavy atom. The molecule has 10 heavy (non-hydrogen) atoms. The molecule has 3 rings (SSSR count). The van der Waals surface area contributed by atoms with Gasteiger partial charge in [0.15, 0.2) is 0 Å². The van der Waals surface area contributed by atoms with Gasteiger partial charge in [-0.15, -0.1) is 0 Å². The molecule has 2 unspecified atom stereocenters. The van der Waals surface area contributed by atoms with E-state index in [2.05, 4.69) is 12.2 Å². The fourth-order valence-electron chi connectivity index (χ4n) is 2.26. The van der Waals surface area contributed by atoms with Crippen LogP contribution in [0.25, 0.3) is 0 Å². The summed E-state index contributed by atoms with van der Waals surface area (Å²) in [5.74, 6) is 2.08. The molecule has 0 aromatic heterocycles. The summed E-state index contributed by atoms with van der Waals surface area (Å²) in [4.78, 5) is 0. The van der Waals surface area contributed by atoms with Gasteiger partial charge < -0.3 is 5.11 Å². The summed E-state index contributed by atoms with van der Waals surface area (Å²) in [6.45, 7) is 0.394. The van der Waals surface area contributed by atoms with Gasteiger partial charge in [-0.1, -0.05) is 12.2 Å². The Labute approximate surface area is 61.8 Å². The predicted molar refractivity (Wildman–Crippen MR) is 40.5 cm³/mol. The molecule has 0 radical (unpaired) electrons. The van der Waals surface area contributed by atoms with E-state index in [1.807, 2.05) is 0 Å². The first-order chi connectivity index (χ1) is 4.90. The maximum absolute atomic E-state index is 8.98. The van der Waals surface area contributed by atoms with E-state index >= 15 is 0 Å². The van der Waals surface area contributed by atoms with Crippen molar-refractivity contribution in [3.05, 3.63) is 12.2 Å². The molecule has 0 saturated heterocycles. The molecule has 0 aromatic rings. The lowest BCUT2D eigenvalue weighted by Crippen LogP contribution is -2.29. The highest BCUT2D eigenvalue weighted by Crippen LogP contribution is 2.39. The van der Waals surface area contributed by atoms with E-state index in [0.29, 0.717) is 18.4 Å². The van der Waals surface area contributed by atoms with Crippen LogP contribution in [0.2, 0.25) is 0 Å². The summed E-state index contributed by atoms with van der Waals surface area (Å²) in [5, 5.41) is 8.98. The summed E-state index contributed by atoms with van der Waals surface area (Å²) in [5.41, 5.74) is 0. The number of hydrogen-bond acceptors (Lipinski definition) is 1. The molecule has 0 heterocycles. The van der Waals surface area contributed by atoms with E-state index < -0.39 is 0 Å². The largest absolute Gasteiger partial charge is 0.396 e. The van der Waals surface area contributed by atoms with Gasteiger partial charge in [-0.3, -0.25) is 0 Å². The van der Waals surface area contributed by atoms with Crippen LogP contribution >= 0.6 is 0 Å². The molecule has 0 aliphatic heterocycles. The standard InChI is InChI=1S/C9H14O/c10-6-9-5-7-1-3-8(9)4-2-7/h1,3,7-10H,2,4-6H2/t7?,8?,9-/m1/s1. The second-order valence-electron chi connectivity index (χ2n) is 3.56.